The number of rotatable bonds is 2. The lowest BCUT2D eigenvalue weighted by Crippen LogP contribution is -2.51. The molecule has 0 aromatic rings. The fourth-order valence-corrected chi connectivity index (χ4v) is 2.38. The third-order valence-electron chi connectivity index (χ3n) is 3.11. The average Bonchev–Trinajstić information content (AvgIpc) is 2.57. The molecule has 2 aliphatic heterocycles. The van der Waals surface area contributed by atoms with Gasteiger partial charge in [0.2, 0.25) is 0 Å². The van der Waals surface area contributed by atoms with Crippen molar-refractivity contribution in [1.82, 2.24) is 4.90 Å². The highest BCUT2D eigenvalue weighted by molar-refractivity contribution is 5.82. The largest absolute Gasteiger partial charge is 0.366 e. The molecule has 14 heavy (non-hydrogen) atoms. The van der Waals surface area contributed by atoms with E-state index >= 15 is 0 Å². The summed E-state index contributed by atoms with van der Waals surface area (Å²) in [4.78, 5) is 14.0. The number of morpholine rings is 1. The van der Waals surface area contributed by atoms with E-state index in [4.69, 9.17) is 4.74 Å². The van der Waals surface area contributed by atoms with E-state index < -0.39 is 0 Å². The molecule has 0 N–H and O–H groups in total. The van der Waals surface area contributed by atoms with E-state index in [1.54, 1.807) is 0 Å². The average molecular weight is 197 g/mol. The van der Waals surface area contributed by atoms with Gasteiger partial charge in [-0.25, -0.2) is 0 Å². The van der Waals surface area contributed by atoms with Crippen molar-refractivity contribution >= 4 is 5.91 Å². The molecule has 2 saturated heterocycles. The van der Waals surface area contributed by atoms with Gasteiger partial charge in [-0.15, -0.1) is 0 Å². The molecule has 0 aromatic heterocycles. The van der Waals surface area contributed by atoms with Crippen LogP contribution in [0.3, 0.4) is 0 Å². The normalized spacial score (nSPS) is 32.5. The lowest BCUT2D eigenvalue weighted by atomic mass is 10.0. The Morgan fingerprint density at radius 2 is 2.36 bits per heavy atom. The maximum atomic E-state index is 11.9. The topological polar surface area (TPSA) is 29.5 Å². The number of ether oxygens (including phenoxy) is 1. The Hall–Kier alpha value is -0.570. The molecule has 0 saturated carbocycles. The molecule has 2 heterocycles. The highest BCUT2D eigenvalue weighted by Gasteiger charge is 2.38. The molecule has 2 rings (SSSR count). The molecule has 1 amide bonds. The predicted molar refractivity (Wildman–Crippen MR) is 53.9 cm³/mol. The Balaban J connectivity index is 1.98. The van der Waals surface area contributed by atoms with Crippen LogP contribution in [0.15, 0.2) is 0 Å². The minimum Gasteiger partial charge on any atom is -0.366 e. The van der Waals surface area contributed by atoms with Crippen molar-refractivity contribution in [2.45, 2.75) is 45.3 Å². The summed E-state index contributed by atoms with van der Waals surface area (Å²) < 4.78 is 5.62. The zero-order chi connectivity index (χ0) is 10.1. The van der Waals surface area contributed by atoms with Crippen LogP contribution in [-0.2, 0) is 9.53 Å². The maximum Gasteiger partial charge on any atom is 0.252 e. The lowest BCUT2D eigenvalue weighted by molar-refractivity contribution is -0.157. The fraction of sp³-hybridized carbons (Fsp3) is 0.909. The highest BCUT2D eigenvalue weighted by atomic mass is 16.5. The van der Waals surface area contributed by atoms with Gasteiger partial charge < -0.3 is 9.64 Å². The molecule has 0 spiro atoms. The molecule has 0 bridgehead atoms. The minimum atomic E-state index is -0.163. The van der Waals surface area contributed by atoms with Crippen LogP contribution in [-0.4, -0.2) is 36.1 Å². The van der Waals surface area contributed by atoms with E-state index in [0.717, 1.165) is 32.4 Å². The second-order valence-corrected chi connectivity index (χ2v) is 4.78. The van der Waals surface area contributed by atoms with Gasteiger partial charge in [-0.05, 0) is 25.2 Å². The van der Waals surface area contributed by atoms with Crippen LogP contribution in [0.4, 0.5) is 0 Å². The second kappa shape index (κ2) is 3.89. The standard InChI is InChI=1S/C11H19NO2/c1-8(2)6-10-11(13)12-5-3-4-9(12)7-14-10/h8-10H,3-7H2,1-2H3/t9-,10?/m0/s1. The molecule has 80 valence electrons. The van der Waals surface area contributed by atoms with E-state index in [1.807, 2.05) is 4.90 Å². The molecule has 2 aliphatic rings. The Labute approximate surface area is 85.4 Å². The first-order chi connectivity index (χ1) is 6.68. The smallest absolute Gasteiger partial charge is 0.252 e. The van der Waals surface area contributed by atoms with Gasteiger partial charge in [-0.3, -0.25) is 4.79 Å². The van der Waals surface area contributed by atoms with Crippen LogP contribution in [0.1, 0.15) is 33.1 Å². The summed E-state index contributed by atoms with van der Waals surface area (Å²) in [5, 5.41) is 0. The second-order valence-electron chi connectivity index (χ2n) is 4.78. The molecular weight excluding hydrogens is 178 g/mol. The van der Waals surface area contributed by atoms with Gasteiger partial charge in [0.15, 0.2) is 0 Å². The number of hydrogen-bond acceptors (Lipinski definition) is 2. The van der Waals surface area contributed by atoms with Crippen LogP contribution in [0.25, 0.3) is 0 Å². The summed E-state index contributed by atoms with van der Waals surface area (Å²) in [6, 6.07) is 0.380. The van der Waals surface area contributed by atoms with E-state index in [9.17, 15) is 4.79 Å². The quantitative estimate of drug-likeness (QED) is 0.670. The first-order valence-corrected chi connectivity index (χ1v) is 5.60. The zero-order valence-electron chi connectivity index (χ0n) is 9.03. The van der Waals surface area contributed by atoms with Gasteiger partial charge in [0.1, 0.15) is 6.10 Å². The van der Waals surface area contributed by atoms with Crippen molar-refractivity contribution in [3.05, 3.63) is 0 Å². The third kappa shape index (κ3) is 1.78. The van der Waals surface area contributed by atoms with Crippen LogP contribution in [0.5, 0.6) is 0 Å². The summed E-state index contributed by atoms with van der Waals surface area (Å²) >= 11 is 0. The minimum absolute atomic E-state index is 0.163. The van der Waals surface area contributed by atoms with Crippen LogP contribution < -0.4 is 0 Å². The van der Waals surface area contributed by atoms with Crippen LogP contribution in [0, 0.1) is 5.92 Å². The van der Waals surface area contributed by atoms with Gasteiger partial charge in [0, 0.05) is 6.54 Å². The summed E-state index contributed by atoms with van der Waals surface area (Å²) in [6.45, 7) is 5.96. The molecule has 0 aliphatic carbocycles. The van der Waals surface area contributed by atoms with Crippen molar-refractivity contribution in [3.8, 4) is 0 Å². The molecule has 0 radical (unpaired) electrons. The van der Waals surface area contributed by atoms with Gasteiger partial charge >= 0.3 is 0 Å². The van der Waals surface area contributed by atoms with Crippen molar-refractivity contribution in [3.63, 3.8) is 0 Å². The molecule has 1 unspecified atom stereocenters. The molecular formula is C11H19NO2. The first-order valence-electron chi connectivity index (χ1n) is 5.60. The van der Waals surface area contributed by atoms with E-state index in [0.29, 0.717) is 12.0 Å². The Morgan fingerprint density at radius 1 is 1.57 bits per heavy atom. The van der Waals surface area contributed by atoms with Crippen LogP contribution in [0.2, 0.25) is 0 Å². The van der Waals surface area contributed by atoms with Crippen LogP contribution >= 0.6 is 0 Å². The molecule has 2 atom stereocenters. The zero-order valence-corrected chi connectivity index (χ0v) is 9.03. The summed E-state index contributed by atoms with van der Waals surface area (Å²) in [5.41, 5.74) is 0. The number of carbonyl (C=O) groups excluding carboxylic acids is 1. The van der Waals surface area contributed by atoms with Crippen molar-refractivity contribution in [2.75, 3.05) is 13.2 Å². The summed E-state index contributed by atoms with van der Waals surface area (Å²) in [7, 11) is 0. The Morgan fingerprint density at radius 3 is 3.07 bits per heavy atom. The van der Waals surface area contributed by atoms with Gasteiger partial charge in [-0.2, -0.15) is 0 Å². The van der Waals surface area contributed by atoms with Crippen molar-refractivity contribution < 1.29 is 9.53 Å². The third-order valence-corrected chi connectivity index (χ3v) is 3.11. The van der Waals surface area contributed by atoms with Crippen molar-refractivity contribution in [2.24, 2.45) is 5.92 Å². The lowest BCUT2D eigenvalue weighted by Gasteiger charge is -2.35. The maximum absolute atomic E-state index is 11.9. The van der Waals surface area contributed by atoms with E-state index in [-0.39, 0.29) is 12.0 Å². The van der Waals surface area contributed by atoms with E-state index in [2.05, 4.69) is 13.8 Å². The number of fused-ring (bicyclic) bond motifs is 1. The first kappa shape index (κ1) is 9.97. The predicted octanol–water partition coefficient (Wildman–Crippen LogP) is 1.42. The summed E-state index contributed by atoms with van der Waals surface area (Å²) in [5.74, 6) is 0.760. The fourth-order valence-electron chi connectivity index (χ4n) is 2.38. The number of nitrogens with zero attached hydrogens (tertiary/aromatic N) is 1. The molecule has 3 nitrogen and oxygen atoms in total. The van der Waals surface area contributed by atoms with Gasteiger partial charge in [0.05, 0.1) is 12.6 Å². The van der Waals surface area contributed by atoms with Gasteiger partial charge in [-0.1, -0.05) is 13.8 Å². The molecule has 0 aromatic carbocycles. The van der Waals surface area contributed by atoms with Crippen molar-refractivity contribution in [1.29, 1.82) is 0 Å². The van der Waals surface area contributed by atoms with Gasteiger partial charge in [0.25, 0.3) is 5.91 Å². The molecule has 3 heteroatoms. The molecule has 2 fully saturated rings. The number of amides is 1. The highest BCUT2D eigenvalue weighted by Crippen LogP contribution is 2.26. The number of carbonyl (C=O) groups is 1. The number of hydrogen-bond donors (Lipinski definition) is 0. The SMILES string of the molecule is CC(C)CC1OC[C@@H]2CCCN2C1=O. The Bertz CT molecular complexity index is 227. The van der Waals surface area contributed by atoms with E-state index in [1.165, 1.54) is 0 Å². The monoisotopic (exact) mass is 197 g/mol. The Kier molecular flexibility index (Phi) is 2.77. The summed E-state index contributed by atoms with van der Waals surface area (Å²) in [6.07, 6.45) is 2.97.